The first-order valence-electron chi connectivity index (χ1n) is 19.3. The molecule has 2 nitrogen and oxygen atoms in total. The molecule has 7 atom stereocenters. The average Bonchev–Trinajstić information content (AvgIpc) is 3.38. The summed E-state index contributed by atoms with van der Waals surface area (Å²) in [5.41, 5.74) is 6.07. The number of Topliss-reactive ketones (excluding diaryl/α,β-unsaturated/α-hetero) is 1. The smallest absolute Gasteiger partial charge is 0.159 e. The van der Waals surface area contributed by atoms with Crippen molar-refractivity contribution in [2.24, 2.45) is 40.4 Å². The summed E-state index contributed by atoms with van der Waals surface area (Å²) in [6, 6.07) is 32.6. The van der Waals surface area contributed by atoms with Gasteiger partial charge in [0.1, 0.15) is 5.60 Å². The topological polar surface area (TPSA) is 26.3 Å². The van der Waals surface area contributed by atoms with Gasteiger partial charge in [-0.15, -0.1) is 0 Å². The zero-order valence-corrected chi connectivity index (χ0v) is 30.2. The molecule has 0 aliphatic heterocycles. The van der Waals surface area contributed by atoms with E-state index in [1.54, 1.807) is 5.57 Å². The van der Waals surface area contributed by atoms with E-state index in [-0.39, 0.29) is 16.9 Å². The van der Waals surface area contributed by atoms with Crippen LogP contribution in [-0.4, -0.2) is 11.9 Å². The molecule has 3 aromatic carbocycles. The summed E-state index contributed by atoms with van der Waals surface area (Å²) in [7, 11) is 0. The molecule has 3 saturated carbocycles. The fourth-order valence-electron chi connectivity index (χ4n) is 11.3. The van der Waals surface area contributed by atoms with E-state index < -0.39 is 5.60 Å². The Morgan fingerprint density at radius 1 is 0.771 bits per heavy atom. The van der Waals surface area contributed by atoms with Gasteiger partial charge in [0.15, 0.2) is 5.78 Å². The molecule has 48 heavy (non-hydrogen) atoms. The maximum atomic E-state index is 14.0. The molecule has 4 aliphatic carbocycles. The van der Waals surface area contributed by atoms with Crippen LogP contribution in [0.2, 0.25) is 0 Å². The molecule has 2 heteroatoms. The van der Waals surface area contributed by atoms with Gasteiger partial charge in [0.05, 0.1) is 6.10 Å². The van der Waals surface area contributed by atoms with Crippen molar-refractivity contribution in [3.05, 3.63) is 119 Å². The Labute approximate surface area is 290 Å². The maximum absolute atomic E-state index is 14.0. The highest BCUT2D eigenvalue weighted by molar-refractivity contribution is 6.00. The van der Waals surface area contributed by atoms with E-state index in [1.165, 1.54) is 60.8 Å². The van der Waals surface area contributed by atoms with Crippen LogP contribution in [0.25, 0.3) is 0 Å². The van der Waals surface area contributed by atoms with Crippen LogP contribution in [0, 0.1) is 40.4 Å². The Morgan fingerprint density at radius 3 is 1.92 bits per heavy atom. The number of hydrogen-bond donors (Lipinski definition) is 0. The van der Waals surface area contributed by atoms with E-state index >= 15 is 0 Å². The summed E-state index contributed by atoms with van der Waals surface area (Å²) in [4.78, 5) is 14.0. The zero-order valence-electron chi connectivity index (χ0n) is 30.2. The Kier molecular flexibility index (Phi) is 9.35. The standard InChI is InChI=1S/C46H58O2/c1-32(2)16-15-17-33(3)41-31-42(47)43-39-25-24-37-30-38(26-28-44(37,4)40(39)27-29-45(41,43)5)48-46(34-18-9-6-10-19-34,35-20-11-7-12-21-35)36-22-13-8-14-23-36/h6-14,18-23,32-33,37-38,40-41H,15-17,24-31H2,1-5H3/t33-,37+,38+,40+,41-,44+,45-/m1/s1. The first kappa shape index (κ1) is 33.5. The lowest BCUT2D eigenvalue weighted by atomic mass is 9.48. The normalized spacial score (nSPS) is 30.9. The molecule has 0 N–H and O–H groups in total. The number of allylic oxidation sites excluding steroid dienone is 2. The van der Waals surface area contributed by atoms with Crippen molar-refractivity contribution in [2.75, 3.05) is 0 Å². The number of benzene rings is 3. The van der Waals surface area contributed by atoms with Gasteiger partial charge in [0, 0.05) is 12.0 Å². The molecule has 0 heterocycles. The van der Waals surface area contributed by atoms with Crippen LogP contribution in [0.4, 0.5) is 0 Å². The number of ether oxygens (including phenoxy) is 1. The second-order valence-electron chi connectivity index (χ2n) is 17.0. The molecule has 7 rings (SSSR count). The van der Waals surface area contributed by atoms with Crippen molar-refractivity contribution in [3.63, 3.8) is 0 Å². The van der Waals surface area contributed by atoms with E-state index in [0.29, 0.717) is 29.5 Å². The predicted molar refractivity (Wildman–Crippen MR) is 198 cm³/mol. The van der Waals surface area contributed by atoms with Crippen LogP contribution in [0.5, 0.6) is 0 Å². The number of fused-ring (bicyclic) bond motifs is 4. The SMILES string of the molecule is CC(C)CCC[C@@H](C)[C@H]1CC(=O)C2=C3CC[C@H]4C[C@@H](OC(c5ccccc5)(c5ccccc5)c5ccccc5)CC[C@]4(C)[C@H]3CC[C@@]21C. The fourth-order valence-corrected chi connectivity index (χ4v) is 11.3. The first-order chi connectivity index (χ1) is 23.2. The largest absolute Gasteiger partial charge is 0.358 e. The van der Waals surface area contributed by atoms with Crippen molar-refractivity contribution >= 4 is 5.78 Å². The Balaban J connectivity index is 1.16. The molecule has 3 fully saturated rings. The highest BCUT2D eigenvalue weighted by Crippen LogP contribution is 2.65. The van der Waals surface area contributed by atoms with Gasteiger partial charge in [0.2, 0.25) is 0 Å². The minimum atomic E-state index is -0.673. The second-order valence-corrected chi connectivity index (χ2v) is 17.0. The Bertz CT molecular complexity index is 1490. The molecule has 0 aromatic heterocycles. The lowest BCUT2D eigenvalue weighted by Crippen LogP contribution is -2.50. The number of ketones is 1. The number of carbonyl (C=O) groups excluding carboxylic acids is 1. The predicted octanol–water partition coefficient (Wildman–Crippen LogP) is 11.7. The van der Waals surface area contributed by atoms with Gasteiger partial charge in [0.25, 0.3) is 0 Å². The molecule has 3 aromatic rings. The first-order valence-corrected chi connectivity index (χ1v) is 19.3. The summed E-state index contributed by atoms with van der Waals surface area (Å²) in [5.74, 6) is 3.53. The van der Waals surface area contributed by atoms with Crippen LogP contribution < -0.4 is 0 Å². The third-order valence-corrected chi connectivity index (χ3v) is 13.8. The fraction of sp³-hybridized carbons (Fsp3) is 0.543. The summed E-state index contributed by atoms with van der Waals surface area (Å²) in [6.45, 7) is 12.2. The molecule has 0 radical (unpaired) electrons. The van der Waals surface area contributed by atoms with Gasteiger partial charge in [-0.05, 0) is 102 Å². The minimum Gasteiger partial charge on any atom is -0.358 e. The van der Waals surface area contributed by atoms with Crippen LogP contribution >= 0.6 is 0 Å². The third-order valence-electron chi connectivity index (χ3n) is 13.8. The highest BCUT2D eigenvalue weighted by Gasteiger charge is 2.58. The average molecular weight is 643 g/mol. The lowest BCUT2D eigenvalue weighted by Gasteiger charge is -2.57. The summed E-state index contributed by atoms with van der Waals surface area (Å²) < 4.78 is 7.59. The molecule has 0 saturated heterocycles. The van der Waals surface area contributed by atoms with Crippen molar-refractivity contribution in [3.8, 4) is 0 Å². The quantitative estimate of drug-likeness (QED) is 0.206. The van der Waals surface area contributed by atoms with E-state index in [1.807, 2.05) is 0 Å². The van der Waals surface area contributed by atoms with Crippen molar-refractivity contribution in [2.45, 2.75) is 117 Å². The third kappa shape index (κ3) is 5.74. The number of rotatable bonds is 10. The summed E-state index contributed by atoms with van der Waals surface area (Å²) >= 11 is 0. The molecule has 4 aliphatic rings. The van der Waals surface area contributed by atoms with Crippen LogP contribution in [0.15, 0.2) is 102 Å². The molecular formula is C46H58O2. The van der Waals surface area contributed by atoms with Gasteiger partial charge in [-0.25, -0.2) is 0 Å². The van der Waals surface area contributed by atoms with E-state index in [0.717, 1.165) is 38.0 Å². The zero-order chi connectivity index (χ0) is 33.5. The van der Waals surface area contributed by atoms with Gasteiger partial charge in [-0.1, -0.05) is 150 Å². The molecule has 0 unspecified atom stereocenters. The molecule has 0 spiro atoms. The van der Waals surface area contributed by atoms with Crippen molar-refractivity contribution in [1.82, 2.24) is 0 Å². The summed E-state index contributed by atoms with van der Waals surface area (Å²) in [6.07, 6.45) is 12.8. The molecule has 0 amide bonds. The maximum Gasteiger partial charge on any atom is 0.159 e. The lowest BCUT2D eigenvalue weighted by molar-refractivity contribution is -0.116. The minimum absolute atomic E-state index is 0.0737. The van der Waals surface area contributed by atoms with Crippen LogP contribution in [0.1, 0.15) is 122 Å². The van der Waals surface area contributed by atoms with Crippen molar-refractivity contribution < 1.29 is 9.53 Å². The van der Waals surface area contributed by atoms with E-state index in [2.05, 4.69) is 126 Å². The molecular weight excluding hydrogens is 585 g/mol. The summed E-state index contributed by atoms with van der Waals surface area (Å²) in [5, 5.41) is 0. The van der Waals surface area contributed by atoms with Crippen LogP contribution in [0.3, 0.4) is 0 Å². The number of carbonyl (C=O) groups is 1. The van der Waals surface area contributed by atoms with Gasteiger partial charge < -0.3 is 4.74 Å². The Hall–Kier alpha value is -2.97. The molecule has 0 bridgehead atoms. The number of hydrogen-bond acceptors (Lipinski definition) is 2. The van der Waals surface area contributed by atoms with Crippen LogP contribution in [-0.2, 0) is 15.1 Å². The highest BCUT2D eigenvalue weighted by atomic mass is 16.5. The Morgan fingerprint density at radius 2 is 1.35 bits per heavy atom. The monoisotopic (exact) mass is 642 g/mol. The molecule has 254 valence electrons. The second kappa shape index (κ2) is 13.4. The van der Waals surface area contributed by atoms with Gasteiger partial charge in [-0.3, -0.25) is 4.79 Å². The van der Waals surface area contributed by atoms with Crippen molar-refractivity contribution in [1.29, 1.82) is 0 Å². The van der Waals surface area contributed by atoms with Gasteiger partial charge in [-0.2, -0.15) is 0 Å². The van der Waals surface area contributed by atoms with E-state index in [4.69, 9.17) is 4.74 Å². The van der Waals surface area contributed by atoms with Gasteiger partial charge >= 0.3 is 0 Å². The van der Waals surface area contributed by atoms with E-state index in [9.17, 15) is 4.79 Å².